The van der Waals surface area contributed by atoms with Crippen molar-refractivity contribution in [3.8, 4) is 0 Å². The summed E-state index contributed by atoms with van der Waals surface area (Å²) in [7, 11) is -8.89. The third-order valence-electron chi connectivity index (χ3n) is 3.70. The summed E-state index contributed by atoms with van der Waals surface area (Å²) in [6.07, 6.45) is 0. The first-order chi connectivity index (χ1) is 12.5. The summed E-state index contributed by atoms with van der Waals surface area (Å²) in [5.74, 6) is 0. The van der Waals surface area contributed by atoms with Crippen LogP contribution in [-0.4, -0.2) is 39.3 Å². The van der Waals surface area contributed by atoms with Crippen molar-refractivity contribution in [3.63, 3.8) is 0 Å². The van der Waals surface area contributed by atoms with Crippen LogP contribution in [0, 0.1) is 0 Å². The number of nitrogens with one attached hydrogen (secondary N) is 3. The first-order valence-electron chi connectivity index (χ1n) is 7.58. The van der Waals surface area contributed by atoms with Crippen LogP contribution in [0.5, 0.6) is 0 Å². The number of sulfonamides is 3. The van der Waals surface area contributed by atoms with E-state index in [0.717, 1.165) is 12.1 Å². The normalized spacial score (nSPS) is 12.8. The summed E-state index contributed by atoms with van der Waals surface area (Å²) in [6, 6.07) is 10.6. The zero-order valence-electron chi connectivity index (χ0n) is 14.5. The van der Waals surface area contributed by atoms with Gasteiger partial charge in [-0.1, -0.05) is 18.2 Å². The first kappa shape index (κ1) is 21.5. The number of hydrogen-bond acceptors (Lipinski definition) is 6. The second kappa shape index (κ2) is 8.04. The Morgan fingerprint density at radius 3 is 1.67 bits per heavy atom. The lowest BCUT2D eigenvalue weighted by Crippen LogP contribution is -2.26. The maximum atomic E-state index is 12.4. The highest BCUT2D eigenvalue weighted by molar-refractivity contribution is 7.90. The van der Waals surface area contributed by atoms with Gasteiger partial charge in [-0.2, -0.15) is 0 Å². The second-order valence-corrected chi connectivity index (χ2v) is 10.8. The third-order valence-corrected chi connectivity index (χ3v) is 8.06. The summed E-state index contributed by atoms with van der Waals surface area (Å²) in [5, 5.41) is 0. The van der Waals surface area contributed by atoms with E-state index in [-0.39, 0.29) is 26.8 Å². The molecular formula is C15H19N3O6S3. The van der Waals surface area contributed by atoms with E-state index in [2.05, 4.69) is 14.2 Å². The van der Waals surface area contributed by atoms with Crippen LogP contribution in [0.2, 0.25) is 0 Å². The van der Waals surface area contributed by atoms with Crippen LogP contribution in [0.3, 0.4) is 0 Å². The van der Waals surface area contributed by atoms with Crippen molar-refractivity contribution < 1.29 is 25.3 Å². The van der Waals surface area contributed by atoms with Gasteiger partial charge in [0, 0.05) is 6.54 Å². The Bertz CT molecular complexity index is 1130. The molecule has 0 aliphatic rings. The van der Waals surface area contributed by atoms with E-state index < -0.39 is 30.1 Å². The van der Waals surface area contributed by atoms with Gasteiger partial charge >= 0.3 is 0 Å². The fourth-order valence-corrected chi connectivity index (χ4v) is 4.89. The molecule has 0 atom stereocenters. The molecule has 0 aliphatic carbocycles. The van der Waals surface area contributed by atoms with Gasteiger partial charge in [0.15, 0.2) is 0 Å². The monoisotopic (exact) mass is 433 g/mol. The molecule has 0 fully saturated rings. The molecule has 2 rings (SSSR count). The lowest BCUT2D eigenvalue weighted by Gasteiger charge is -2.11. The van der Waals surface area contributed by atoms with Crippen molar-refractivity contribution in [1.82, 2.24) is 14.2 Å². The van der Waals surface area contributed by atoms with Gasteiger partial charge in [0.25, 0.3) is 0 Å². The molecule has 0 spiro atoms. The molecule has 0 saturated carbocycles. The highest BCUT2D eigenvalue weighted by Crippen LogP contribution is 2.17. The molecule has 0 radical (unpaired) electrons. The van der Waals surface area contributed by atoms with Crippen molar-refractivity contribution in [3.05, 3.63) is 54.1 Å². The summed E-state index contributed by atoms with van der Waals surface area (Å²) < 4.78 is 78.9. The quantitative estimate of drug-likeness (QED) is 0.535. The average molecular weight is 434 g/mol. The molecule has 0 aromatic heterocycles. The fraction of sp³-hybridized carbons (Fsp3) is 0.200. The van der Waals surface area contributed by atoms with Crippen LogP contribution < -0.4 is 14.2 Å². The second-order valence-electron chi connectivity index (χ2n) is 5.32. The topological polar surface area (TPSA) is 139 Å². The van der Waals surface area contributed by atoms with Crippen LogP contribution in [0.15, 0.2) is 63.2 Å². The Kier molecular flexibility index (Phi) is 6.39. The van der Waals surface area contributed by atoms with Gasteiger partial charge in [-0.05, 0) is 50.0 Å². The van der Waals surface area contributed by atoms with Gasteiger partial charge in [-0.25, -0.2) is 39.4 Å². The van der Waals surface area contributed by atoms with Crippen LogP contribution in [0.25, 0.3) is 0 Å². The predicted octanol–water partition coefficient (Wildman–Crippen LogP) is -0.0187. The molecule has 0 amide bonds. The van der Waals surface area contributed by atoms with E-state index in [4.69, 9.17) is 0 Å². The zero-order valence-corrected chi connectivity index (χ0v) is 16.9. The van der Waals surface area contributed by atoms with Gasteiger partial charge in [-0.15, -0.1) is 0 Å². The van der Waals surface area contributed by atoms with E-state index in [1.807, 2.05) is 0 Å². The molecule has 9 nitrogen and oxygen atoms in total. The van der Waals surface area contributed by atoms with E-state index in [1.165, 1.54) is 44.4 Å². The highest BCUT2D eigenvalue weighted by atomic mass is 32.2. The molecule has 2 aromatic carbocycles. The van der Waals surface area contributed by atoms with Crippen molar-refractivity contribution in [2.24, 2.45) is 0 Å². The smallest absolute Gasteiger partial charge is 0.214 e. The van der Waals surface area contributed by atoms with Gasteiger partial charge in [0.2, 0.25) is 30.1 Å². The molecule has 0 heterocycles. The van der Waals surface area contributed by atoms with Crippen LogP contribution in [-0.2, 0) is 36.6 Å². The molecule has 0 aliphatic heterocycles. The molecule has 2 aromatic rings. The minimum Gasteiger partial charge on any atom is -0.214 e. The summed E-state index contributed by atoms with van der Waals surface area (Å²) >= 11 is 0. The average Bonchev–Trinajstić information content (AvgIpc) is 2.66. The molecule has 0 unspecified atom stereocenters. The van der Waals surface area contributed by atoms with E-state index in [9.17, 15) is 25.3 Å². The lowest BCUT2D eigenvalue weighted by molar-refractivity contribution is 0.576. The Morgan fingerprint density at radius 2 is 1.15 bits per heavy atom. The minimum atomic E-state index is -3.98. The molecule has 27 heavy (non-hydrogen) atoms. The van der Waals surface area contributed by atoms with Gasteiger partial charge in [0.05, 0.1) is 14.7 Å². The standard InChI is InChI=1S/C15H19N3O6S3/c1-16-25(19,20)13-7-9-14(10-8-13)26(21,22)18-11-12-5-3-4-6-15(12)27(23,24)17-2/h3-10,16-18H,11H2,1-2H3. The van der Waals surface area contributed by atoms with Crippen molar-refractivity contribution in [2.75, 3.05) is 14.1 Å². The SMILES string of the molecule is CNS(=O)(=O)c1ccc(S(=O)(=O)NCc2ccccc2S(=O)(=O)NC)cc1. The van der Waals surface area contributed by atoms with Gasteiger partial charge in [-0.3, -0.25) is 0 Å². The van der Waals surface area contributed by atoms with Crippen molar-refractivity contribution >= 4 is 30.1 Å². The number of benzene rings is 2. The summed E-state index contributed by atoms with van der Waals surface area (Å²) in [4.78, 5) is -0.258. The van der Waals surface area contributed by atoms with Crippen molar-refractivity contribution in [1.29, 1.82) is 0 Å². The van der Waals surface area contributed by atoms with Crippen molar-refractivity contribution in [2.45, 2.75) is 21.2 Å². The Labute approximate surface area is 159 Å². The Balaban J connectivity index is 2.27. The largest absolute Gasteiger partial charge is 0.240 e. The molecule has 12 heteroatoms. The fourth-order valence-electron chi connectivity index (χ4n) is 2.19. The Morgan fingerprint density at radius 1 is 0.667 bits per heavy atom. The van der Waals surface area contributed by atoms with Crippen LogP contribution >= 0.6 is 0 Å². The van der Waals surface area contributed by atoms with Gasteiger partial charge in [0.1, 0.15) is 0 Å². The maximum Gasteiger partial charge on any atom is 0.240 e. The molecular weight excluding hydrogens is 414 g/mol. The highest BCUT2D eigenvalue weighted by Gasteiger charge is 2.20. The summed E-state index contributed by atoms with van der Waals surface area (Å²) in [5.41, 5.74) is 0.268. The molecule has 0 bridgehead atoms. The van der Waals surface area contributed by atoms with E-state index in [1.54, 1.807) is 6.07 Å². The molecule has 148 valence electrons. The van der Waals surface area contributed by atoms with Crippen LogP contribution in [0.1, 0.15) is 5.56 Å². The van der Waals surface area contributed by atoms with E-state index >= 15 is 0 Å². The number of hydrogen-bond donors (Lipinski definition) is 3. The molecule has 3 N–H and O–H groups in total. The maximum absolute atomic E-state index is 12.4. The third kappa shape index (κ3) is 4.91. The lowest BCUT2D eigenvalue weighted by atomic mass is 10.2. The van der Waals surface area contributed by atoms with Gasteiger partial charge < -0.3 is 0 Å². The first-order valence-corrected chi connectivity index (χ1v) is 12.0. The predicted molar refractivity (Wildman–Crippen MR) is 99.4 cm³/mol. The summed E-state index contributed by atoms with van der Waals surface area (Å²) in [6.45, 7) is -0.254. The zero-order chi connectivity index (χ0) is 20.3. The Hall–Kier alpha value is -1.83. The van der Waals surface area contributed by atoms with Crippen LogP contribution in [0.4, 0.5) is 0 Å². The minimum absolute atomic E-state index is 0.0364. The van der Waals surface area contributed by atoms with E-state index in [0.29, 0.717) is 0 Å². The molecule has 0 saturated heterocycles. The number of rotatable bonds is 8.